The smallest absolute Gasteiger partial charge is 0.319 e. The maximum Gasteiger partial charge on any atom is 0.319 e. The van der Waals surface area contributed by atoms with Crippen LogP contribution in [0.5, 0.6) is 0 Å². The largest absolute Gasteiger partial charge is 0.465 e. The molecule has 2 heterocycles. The van der Waals surface area contributed by atoms with E-state index in [2.05, 4.69) is 10.6 Å². The molecule has 0 spiro atoms. The second kappa shape index (κ2) is 4.69. The van der Waals surface area contributed by atoms with Gasteiger partial charge in [-0.3, -0.25) is 4.79 Å². The molecular weight excluding hydrogens is 220 g/mol. The van der Waals surface area contributed by atoms with Crippen LogP contribution in [0.25, 0.3) is 6.08 Å². The average molecular weight is 232 g/mol. The monoisotopic (exact) mass is 232 g/mol. The van der Waals surface area contributed by atoms with Crippen molar-refractivity contribution in [1.82, 2.24) is 10.6 Å². The molecule has 1 unspecified atom stereocenters. The zero-order valence-electron chi connectivity index (χ0n) is 9.27. The molecule has 0 aromatic carbocycles. The molecule has 2 rings (SSSR count). The van der Waals surface area contributed by atoms with Crippen LogP contribution in [0.4, 0.5) is 4.79 Å². The fourth-order valence-electron chi connectivity index (χ4n) is 1.62. The van der Waals surface area contributed by atoms with Crippen molar-refractivity contribution in [3.63, 3.8) is 0 Å². The molecular formula is C12H12N2O3. The molecule has 0 saturated carbocycles. The van der Waals surface area contributed by atoms with E-state index in [1.165, 1.54) is 0 Å². The Morgan fingerprint density at radius 1 is 1.47 bits per heavy atom. The van der Waals surface area contributed by atoms with Gasteiger partial charge in [0.25, 0.3) is 0 Å². The van der Waals surface area contributed by atoms with Crippen LogP contribution in [0.1, 0.15) is 12.7 Å². The van der Waals surface area contributed by atoms with Gasteiger partial charge in [0.1, 0.15) is 12.0 Å². The van der Waals surface area contributed by atoms with Gasteiger partial charge in [0.05, 0.1) is 12.3 Å². The molecule has 5 nitrogen and oxygen atoms in total. The number of urea groups is 1. The van der Waals surface area contributed by atoms with Crippen LogP contribution < -0.4 is 10.6 Å². The Bertz CT molecular complexity index is 486. The van der Waals surface area contributed by atoms with Crippen molar-refractivity contribution in [3.05, 3.63) is 41.5 Å². The first-order chi connectivity index (χ1) is 8.20. The molecule has 0 radical (unpaired) electrons. The second-order valence-corrected chi connectivity index (χ2v) is 3.65. The van der Waals surface area contributed by atoms with Gasteiger partial charge in [-0.25, -0.2) is 4.79 Å². The van der Waals surface area contributed by atoms with E-state index in [-0.39, 0.29) is 6.03 Å². The first-order valence-corrected chi connectivity index (χ1v) is 5.16. The number of carbonyl (C=O) groups is 2. The number of amides is 2. The minimum absolute atomic E-state index is 0.317. The molecule has 1 atom stereocenters. The summed E-state index contributed by atoms with van der Waals surface area (Å²) in [5, 5.41) is 5.19. The predicted octanol–water partition coefficient (Wildman–Crippen LogP) is 1.45. The molecule has 5 heteroatoms. The van der Waals surface area contributed by atoms with Gasteiger partial charge in [0.15, 0.2) is 0 Å². The molecule has 1 aliphatic heterocycles. The molecule has 0 aliphatic carbocycles. The van der Waals surface area contributed by atoms with Crippen LogP contribution in [0.2, 0.25) is 0 Å². The van der Waals surface area contributed by atoms with Crippen LogP contribution in [-0.2, 0) is 4.79 Å². The predicted molar refractivity (Wildman–Crippen MR) is 62.0 cm³/mol. The lowest BCUT2D eigenvalue weighted by molar-refractivity contribution is -0.105. The Morgan fingerprint density at radius 2 is 2.29 bits per heavy atom. The maximum absolute atomic E-state index is 11.3. The summed E-state index contributed by atoms with van der Waals surface area (Å²) in [5.41, 5.74) is 1.07. The summed E-state index contributed by atoms with van der Waals surface area (Å²) in [6.45, 7) is 1.69. The Balaban J connectivity index is 2.22. The van der Waals surface area contributed by atoms with E-state index in [9.17, 15) is 9.59 Å². The van der Waals surface area contributed by atoms with Gasteiger partial charge in [0, 0.05) is 11.3 Å². The summed E-state index contributed by atoms with van der Waals surface area (Å²) in [7, 11) is 0. The molecule has 2 N–H and O–H groups in total. The number of carbonyl (C=O) groups excluding carboxylic acids is 2. The highest BCUT2D eigenvalue weighted by Gasteiger charge is 2.22. The first kappa shape index (κ1) is 11.2. The molecule has 0 bridgehead atoms. The van der Waals surface area contributed by atoms with Gasteiger partial charge < -0.3 is 15.1 Å². The van der Waals surface area contributed by atoms with Crippen molar-refractivity contribution >= 4 is 18.4 Å². The van der Waals surface area contributed by atoms with Crippen molar-refractivity contribution < 1.29 is 14.0 Å². The molecule has 1 aromatic heterocycles. The normalized spacial score (nSPS) is 20.3. The highest BCUT2D eigenvalue weighted by molar-refractivity contribution is 5.87. The Hall–Kier alpha value is -2.30. The molecule has 1 aromatic rings. The van der Waals surface area contributed by atoms with Crippen LogP contribution in [-0.4, -0.2) is 18.4 Å². The van der Waals surface area contributed by atoms with Crippen LogP contribution >= 0.6 is 0 Å². The summed E-state index contributed by atoms with van der Waals surface area (Å²) in [6.07, 6.45) is 5.72. The third kappa shape index (κ3) is 2.44. The van der Waals surface area contributed by atoms with Gasteiger partial charge >= 0.3 is 6.03 Å². The Labute approximate surface area is 98.2 Å². The van der Waals surface area contributed by atoms with Crippen LogP contribution in [0, 0.1) is 0 Å². The number of aldehydes is 1. The summed E-state index contributed by atoms with van der Waals surface area (Å²) >= 11 is 0. The van der Waals surface area contributed by atoms with Crippen molar-refractivity contribution in [2.45, 2.75) is 13.0 Å². The van der Waals surface area contributed by atoms with E-state index >= 15 is 0 Å². The molecule has 2 amide bonds. The lowest BCUT2D eigenvalue weighted by Crippen LogP contribution is -2.47. The minimum atomic E-state index is -0.425. The fraction of sp³-hybridized carbons (Fsp3) is 0.167. The maximum atomic E-state index is 11.3. The summed E-state index contributed by atoms with van der Waals surface area (Å²) in [4.78, 5) is 22.2. The van der Waals surface area contributed by atoms with E-state index in [0.717, 1.165) is 6.29 Å². The lowest BCUT2D eigenvalue weighted by Gasteiger charge is -2.23. The van der Waals surface area contributed by atoms with Crippen molar-refractivity contribution in [2.24, 2.45) is 0 Å². The molecule has 0 fully saturated rings. The average Bonchev–Trinajstić information content (AvgIpc) is 2.78. The van der Waals surface area contributed by atoms with Gasteiger partial charge in [-0.2, -0.15) is 0 Å². The van der Waals surface area contributed by atoms with Gasteiger partial charge in [-0.15, -0.1) is 0 Å². The second-order valence-electron chi connectivity index (χ2n) is 3.65. The molecule has 0 saturated heterocycles. The summed E-state index contributed by atoms with van der Waals surface area (Å²) < 4.78 is 5.13. The Kier molecular flexibility index (Phi) is 3.09. The van der Waals surface area contributed by atoms with E-state index in [0.29, 0.717) is 17.0 Å². The van der Waals surface area contributed by atoms with Gasteiger partial charge in [-0.05, 0) is 25.1 Å². The minimum Gasteiger partial charge on any atom is -0.465 e. The highest BCUT2D eigenvalue weighted by atomic mass is 16.3. The standard InChI is InChI=1S/C12H12N2O3/c1-8-10(7-15)11(14-12(16)13-8)5-4-9-3-2-6-17-9/h2-7,11H,1H3,(H2,13,14,16)/b5-4+. The number of hydrogen-bond acceptors (Lipinski definition) is 3. The lowest BCUT2D eigenvalue weighted by atomic mass is 10.0. The van der Waals surface area contributed by atoms with Crippen molar-refractivity contribution in [2.75, 3.05) is 0 Å². The topological polar surface area (TPSA) is 71.3 Å². The van der Waals surface area contributed by atoms with Crippen molar-refractivity contribution in [3.8, 4) is 0 Å². The quantitative estimate of drug-likeness (QED) is 0.775. The molecule has 88 valence electrons. The van der Waals surface area contributed by atoms with E-state index in [1.54, 1.807) is 37.5 Å². The Morgan fingerprint density at radius 3 is 2.94 bits per heavy atom. The SMILES string of the molecule is CC1=C(C=O)C(/C=C/c2ccco2)NC(=O)N1. The van der Waals surface area contributed by atoms with E-state index in [4.69, 9.17) is 4.42 Å². The molecule has 17 heavy (non-hydrogen) atoms. The van der Waals surface area contributed by atoms with Gasteiger partial charge in [-0.1, -0.05) is 6.08 Å². The third-order valence-electron chi connectivity index (χ3n) is 2.48. The van der Waals surface area contributed by atoms with E-state index < -0.39 is 6.04 Å². The zero-order chi connectivity index (χ0) is 12.3. The van der Waals surface area contributed by atoms with E-state index in [1.807, 2.05) is 0 Å². The van der Waals surface area contributed by atoms with Crippen LogP contribution in [0.3, 0.4) is 0 Å². The number of hydrogen-bond donors (Lipinski definition) is 2. The third-order valence-corrected chi connectivity index (χ3v) is 2.48. The number of rotatable bonds is 3. The highest BCUT2D eigenvalue weighted by Crippen LogP contribution is 2.12. The summed E-state index contributed by atoms with van der Waals surface area (Å²) in [5.74, 6) is 0.667. The fourth-order valence-corrected chi connectivity index (χ4v) is 1.62. The number of allylic oxidation sites excluding steroid dienone is 1. The van der Waals surface area contributed by atoms with Crippen LogP contribution in [0.15, 0.2) is 40.2 Å². The zero-order valence-corrected chi connectivity index (χ0v) is 9.27. The van der Waals surface area contributed by atoms with Gasteiger partial charge in [0.2, 0.25) is 0 Å². The summed E-state index contributed by atoms with van der Waals surface area (Å²) in [6, 6.07) is 2.81. The number of furan rings is 1. The van der Waals surface area contributed by atoms with Crippen molar-refractivity contribution in [1.29, 1.82) is 0 Å². The first-order valence-electron chi connectivity index (χ1n) is 5.16. The molecule has 1 aliphatic rings. The number of nitrogens with one attached hydrogen (secondary N) is 2.